The molecular formula is C26H33N3O3S. The fourth-order valence-corrected chi connectivity index (χ4v) is 5.39. The molecule has 2 fully saturated rings. The summed E-state index contributed by atoms with van der Waals surface area (Å²) in [4.78, 5) is 42.0. The van der Waals surface area contributed by atoms with Crippen molar-refractivity contribution in [3.05, 3.63) is 57.8 Å². The van der Waals surface area contributed by atoms with E-state index in [1.807, 2.05) is 45.5 Å². The number of hydrogen-bond donors (Lipinski definition) is 1. The Kier molecular flexibility index (Phi) is 8.15. The number of benzene rings is 1. The maximum atomic E-state index is 12.9. The van der Waals surface area contributed by atoms with E-state index in [-0.39, 0.29) is 17.7 Å². The van der Waals surface area contributed by atoms with E-state index in [4.69, 9.17) is 0 Å². The van der Waals surface area contributed by atoms with Crippen LogP contribution in [0.2, 0.25) is 0 Å². The first-order chi connectivity index (χ1) is 16.1. The lowest BCUT2D eigenvalue weighted by atomic mass is 9.86. The van der Waals surface area contributed by atoms with Crippen LogP contribution in [0.3, 0.4) is 0 Å². The quantitative estimate of drug-likeness (QED) is 0.659. The van der Waals surface area contributed by atoms with Gasteiger partial charge in [0.2, 0.25) is 5.91 Å². The third kappa shape index (κ3) is 6.44. The maximum Gasteiger partial charge on any atom is 0.261 e. The molecule has 1 aromatic carbocycles. The molecule has 0 bridgehead atoms. The first-order valence-corrected chi connectivity index (χ1v) is 13.0. The van der Waals surface area contributed by atoms with Gasteiger partial charge in [0, 0.05) is 44.7 Å². The zero-order chi connectivity index (χ0) is 23.0. The molecule has 0 atom stereocenters. The number of carbonyl (C=O) groups excluding carboxylic acids is 3. The number of amides is 3. The summed E-state index contributed by atoms with van der Waals surface area (Å²) in [7, 11) is 0. The maximum absolute atomic E-state index is 12.9. The van der Waals surface area contributed by atoms with Gasteiger partial charge in [-0.05, 0) is 41.5 Å². The third-order valence-corrected chi connectivity index (χ3v) is 7.68. The minimum absolute atomic E-state index is 0.00141. The van der Waals surface area contributed by atoms with Crippen LogP contribution in [-0.2, 0) is 11.3 Å². The van der Waals surface area contributed by atoms with Gasteiger partial charge in [0.15, 0.2) is 0 Å². The molecule has 2 aromatic rings. The molecule has 4 rings (SSSR count). The summed E-state index contributed by atoms with van der Waals surface area (Å²) in [5.74, 6) is 0.869. The van der Waals surface area contributed by atoms with Crippen LogP contribution in [0, 0.1) is 5.92 Å². The van der Waals surface area contributed by atoms with Crippen molar-refractivity contribution in [1.82, 2.24) is 15.1 Å². The predicted octanol–water partition coefficient (Wildman–Crippen LogP) is 4.32. The number of piperazine rings is 1. The highest BCUT2D eigenvalue weighted by Gasteiger charge is 2.25. The highest BCUT2D eigenvalue weighted by molar-refractivity contribution is 7.12. The zero-order valence-corrected chi connectivity index (χ0v) is 19.9. The van der Waals surface area contributed by atoms with Crippen LogP contribution < -0.4 is 5.32 Å². The molecule has 176 valence electrons. The average molecular weight is 468 g/mol. The summed E-state index contributed by atoms with van der Waals surface area (Å²) in [5, 5.41) is 4.78. The first kappa shape index (κ1) is 23.5. The minimum atomic E-state index is -0.0867. The van der Waals surface area contributed by atoms with Crippen molar-refractivity contribution in [2.75, 3.05) is 26.2 Å². The Bertz CT molecular complexity index is 928. The Balaban J connectivity index is 1.20. The van der Waals surface area contributed by atoms with Gasteiger partial charge in [-0.3, -0.25) is 14.4 Å². The zero-order valence-electron chi connectivity index (χ0n) is 19.1. The van der Waals surface area contributed by atoms with Gasteiger partial charge >= 0.3 is 0 Å². The topological polar surface area (TPSA) is 69.7 Å². The van der Waals surface area contributed by atoms with Crippen LogP contribution in [0.5, 0.6) is 0 Å². The molecule has 3 amide bonds. The molecule has 1 aliphatic carbocycles. The van der Waals surface area contributed by atoms with Crippen LogP contribution in [0.25, 0.3) is 0 Å². The molecule has 1 saturated heterocycles. The van der Waals surface area contributed by atoms with E-state index in [1.165, 1.54) is 43.4 Å². The number of rotatable bonds is 7. The van der Waals surface area contributed by atoms with Crippen LogP contribution in [-0.4, -0.2) is 53.7 Å². The van der Waals surface area contributed by atoms with E-state index in [9.17, 15) is 14.4 Å². The van der Waals surface area contributed by atoms with E-state index in [1.54, 1.807) is 6.07 Å². The molecule has 7 heteroatoms. The van der Waals surface area contributed by atoms with Gasteiger partial charge in [0.1, 0.15) is 0 Å². The summed E-state index contributed by atoms with van der Waals surface area (Å²) >= 11 is 1.41. The Labute approximate surface area is 200 Å². The molecule has 2 aliphatic rings. The van der Waals surface area contributed by atoms with E-state index in [0.29, 0.717) is 49.6 Å². The number of nitrogens with zero attached hydrogens (tertiary/aromatic N) is 2. The Morgan fingerprint density at radius 3 is 2.27 bits per heavy atom. The molecule has 1 aromatic heterocycles. The van der Waals surface area contributed by atoms with Gasteiger partial charge in [-0.15, -0.1) is 11.3 Å². The molecule has 1 saturated carbocycles. The van der Waals surface area contributed by atoms with Crippen molar-refractivity contribution in [3.63, 3.8) is 0 Å². The van der Waals surface area contributed by atoms with E-state index >= 15 is 0 Å². The lowest BCUT2D eigenvalue weighted by molar-refractivity contribution is -0.133. The second-order valence-electron chi connectivity index (χ2n) is 9.07. The van der Waals surface area contributed by atoms with Gasteiger partial charge in [-0.2, -0.15) is 0 Å². The number of thiophene rings is 1. The highest BCUT2D eigenvalue weighted by Crippen LogP contribution is 2.27. The summed E-state index contributed by atoms with van der Waals surface area (Å²) in [6.45, 7) is 2.80. The molecular weight excluding hydrogens is 434 g/mol. The van der Waals surface area contributed by atoms with Crippen LogP contribution in [0.15, 0.2) is 41.8 Å². The van der Waals surface area contributed by atoms with Gasteiger partial charge in [-0.25, -0.2) is 0 Å². The fourth-order valence-electron chi connectivity index (χ4n) is 4.75. The van der Waals surface area contributed by atoms with Gasteiger partial charge < -0.3 is 15.1 Å². The molecule has 1 N–H and O–H groups in total. The number of carbonyl (C=O) groups is 3. The standard InChI is InChI=1S/C26H33N3O3S/c30-24(13-10-20-5-2-1-3-6-20)28-14-16-29(17-15-28)26(32)22-11-8-21(9-12-22)19-27-25(31)23-7-4-18-33-23/h4,7-9,11-12,18,20H,1-3,5-6,10,13-17,19H2,(H,27,31). The average Bonchev–Trinajstić information content (AvgIpc) is 3.42. The molecule has 2 heterocycles. The van der Waals surface area contributed by atoms with E-state index in [0.717, 1.165) is 17.9 Å². The number of nitrogens with one attached hydrogen (secondary N) is 1. The van der Waals surface area contributed by atoms with Crippen LogP contribution in [0.4, 0.5) is 0 Å². The van der Waals surface area contributed by atoms with Crippen molar-refractivity contribution in [2.45, 2.75) is 51.5 Å². The SMILES string of the molecule is O=C(NCc1ccc(C(=O)N2CCN(C(=O)CCC3CCCCC3)CC2)cc1)c1cccs1. The van der Waals surface area contributed by atoms with Gasteiger partial charge in [0.05, 0.1) is 4.88 Å². The number of hydrogen-bond acceptors (Lipinski definition) is 4. The molecule has 0 spiro atoms. The summed E-state index contributed by atoms with van der Waals surface area (Å²) in [6, 6.07) is 11.0. The Morgan fingerprint density at radius 1 is 0.909 bits per heavy atom. The second-order valence-corrected chi connectivity index (χ2v) is 10.0. The Morgan fingerprint density at radius 2 is 1.61 bits per heavy atom. The largest absolute Gasteiger partial charge is 0.347 e. The van der Waals surface area contributed by atoms with Gasteiger partial charge in [-0.1, -0.05) is 50.3 Å². The monoisotopic (exact) mass is 467 g/mol. The summed E-state index contributed by atoms with van der Waals surface area (Å²) in [5.41, 5.74) is 1.59. The van der Waals surface area contributed by atoms with Crippen molar-refractivity contribution in [1.29, 1.82) is 0 Å². The van der Waals surface area contributed by atoms with Crippen molar-refractivity contribution in [3.8, 4) is 0 Å². The van der Waals surface area contributed by atoms with Gasteiger partial charge in [0.25, 0.3) is 11.8 Å². The van der Waals surface area contributed by atoms with Crippen molar-refractivity contribution in [2.24, 2.45) is 5.92 Å². The van der Waals surface area contributed by atoms with Crippen LogP contribution >= 0.6 is 11.3 Å². The summed E-state index contributed by atoms with van der Waals surface area (Å²) < 4.78 is 0. The lowest BCUT2D eigenvalue weighted by Crippen LogP contribution is -2.50. The molecule has 1 aliphatic heterocycles. The smallest absolute Gasteiger partial charge is 0.261 e. The molecule has 6 nitrogen and oxygen atoms in total. The van der Waals surface area contributed by atoms with E-state index < -0.39 is 0 Å². The molecule has 0 radical (unpaired) electrons. The molecule has 33 heavy (non-hydrogen) atoms. The second kappa shape index (κ2) is 11.5. The Hall–Kier alpha value is -2.67. The third-order valence-electron chi connectivity index (χ3n) is 6.81. The van der Waals surface area contributed by atoms with Crippen molar-refractivity contribution < 1.29 is 14.4 Å². The molecule has 0 unspecified atom stereocenters. The fraction of sp³-hybridized carbons (Fsp3) is 0.500. The predicted molar refractivity (Wildman–Crippen MR) is 130 cm³/mol. The van der Waals surface area contributed by atoms with E-state index in [2.05, 4.69) is 5.32 Å². The van der Waals surface area contributed by atoms with Crippen molar-refractivity contribution >= 4 is 29.1 Å². The highest BCUT2D eigenvalue weighted by atomic mass is 32.1. The lowest BCUT2D eigenvalue weighted by Gasteiger charge is -2.35. The summed E-state index contributed by atoms with van der Waals surface area (Å²) in [6.07, 6.45) is 8.16. The minimum Gasteiger partial charge on any atom is -0.347 e. The first-order valence-electron chi connectivity index (χ1n) is 12.1. The van der Waals surface area contributed by atoms with Crippen LogP contribution in [0.1, 0.15) is 70.5 Å². The normalized spacial score (nSPS) is 17.1.